The summed E-state index contributed by atoms with van der Waals surface area (Å²) >= 11 is 0. The van der Waals surface area contributed by atoms with E-state index < -0.39 is 0 Å². The van der Waals surface area contributed by atoms with Crippen LogP contribution in [0, 0.1) is 0 Å². The Balaban J connectivity index is 1.48. The maximum atomic E-state index is 13.5. The van der Waals surface area contributed by atoms with Crippen LogP contribution in [0.4, 0.5) is 0 Å². The van der Waals surface area contributed by atoms with Crippen molar-refractivity contribution in [1.29, 1.82) is 0 Å². The van der Waals surface area contributed by atoms with Crippen molar-refractivity contribution < 1.29 is 9.53 Å². The minimum atomic E-state index is -0.242. The second kappa shape index (κ2) is 9.45. The SMILES string of the molecule is O=C(NCC1(N2CCOCC2)CCCCC1)c1nn(-c2ccccc2)c(=O)c2ccccc12. The van der Waals surface area contributed by atoms with Crippen molar-refractivity contribution >= 4 is 16.7 Å². The molecule has 33 heavy (non-hydrogen) atoms. The van der Waals surface area contributed by atoms with Gasteiger partial charge in [0.15, 0.2) is 5.69 Å². The number of morpholine rings is 1. The predicted octanol–water partition coefficient (Wildman–Crippen LogP) is 3.15. The molecule has 2 heterocycles. The fraction of sp³-hybridized carbons (Fsp3) is 0.423. The van der Waals surface area contributed by atoms with Gasteiger partial charge in [-0.2, -0.15) is 9.78 Å². The van der Waals surface area contributed by atoms with Crippen molar-refractivity contribution in [2.45, 2.75) is 37.6 Å². The standard InChI is InChI=1S/C26H30N4O3/c31-24(27-19-26(13-7-2-8-14-26)29-15-17-33-18-16-29)23-21-11-5-6-12-22(21)25(32)30(28-23)20-9-3-1-4-10-20/h1,3-6,9-12H,2,7-8,13-19H2,(H,27,31). The average Bonchev–Trinajstić information content (AvgIpc) is 2.89. The minimum Gasteiger partial charge on any atom is -0.379 e. The van der Waals surface area contributed by atoms with Crippen LogP contribution in [0.25, 0.3) is 16.5 Å². The van der Waals surface area contributed by atoms with Gasteiger partial charge in [0.25, 0.3) is 11.5 Å². The molecule has 2 fully saturated rings. The molecule has 1 saturated heterocycles. The molecule has 0 atom stereocenters. The molecule has 0 bridgehead atoms. The van der Waals surface area contributed by atoms with Gasteiger partial charge in [-0.1, -0.05) is 55.7 Å². The van der Waals surface area contributed by atoms with Crippen LogP contribution in [0.3, 0.4) is 0 Å². The van der Waals surface area contributed by atoms with Crippen LogP contribution in [0.1, 0.15) is 42.6 Å². The number of aromatic nitrogens is 2. The number of rotatable bonds is 5. The molecule has 7 heteroatoms. The summed E-state index contributed by atoms with van der Waals surface area (Å²) in [6, 6.07) is 16.4. The normalized spacial score (nSPS) is 18.8. The zero-order valence-electron chi connectivity index (χ0n) is 18.8. The van der Waals surface area contributed by atoms with E-state index in [0.717, 1.165) is 39.1 Å². The lowest BCUT2D eigenvalue weighted by Crippen LogP contribution is -2.59. The van der Waals surface area contributed by atoms with Gasteiger partial charge in [-0.05, 0) is 31.0 Å². The number of nitrogens with zero attached hydrogens (tertiary/aromatic N) is 3. The number of amides is 1. The Morgan fingerprint density at radius 1 is 0.939 bits per heavy atom. The number of fused-ring (bicyclic) bond motifs is 1. The van der Waals surface area contributed by atoms with Crippen molar-refractivity contribution in [3.63, 3.8) is 0 Å². The topological polar surface area (TPSA) is 76.5 Å². The highest BCUT2D eigenvalue weighted by Crippen LogP contribution is 2.34. The highest BCUT2D eigenvalue weighted by atomic mass is 16.5. The van der Waals surface area contributed by atoms with Gasteiger partial charge in [0, 0.05) is 30.6 Å². The van der Waals surface area contributed by atoms with Gasteiger partial charge in [0.05, 0.1) is 24.3 Å². The Kier molecular flexibility index (Phi) is 6.24. The van der Waals surface area contributed by atoms with Gasteiger partial charge in [-0.15, -0.1) is 0 Å². The van der Waals surface area contributed by atoms with Crippen molar-refractivity contribution in [2.75, 3.05) is 32.8 Å². The Morgan fingerprint density at radius 3 is 2.33 bits per heavy atom. The molecule has 2 aliphatic rings. The summed E-state index contributed by atoms with van der Waals surface area (Å²) in [7, 11) is 0. The van der Waals surface area contributed by atoms with E-state index in [4.69, 9.17) is 4.74 Å². The first-order valence-electron chi connectivity index (χ1n) is 11.9. The first-order valence-corrected chi connectivity index (χ1v) is 11.9. The molecule has 5 rings (SSSR count). The highest BCUT2D eigenvalue weighted by molar-refractivity contribution is 6.04. The molecular formula is C26H30N4O3. The molecule has 7 nitrogen and oxygen atoms in total. The number of nitrogens with one attached hydrogen (secondary N) is 1. The van der Waals surface area contributed by atoms with E-state index in [0.29, 0.717) is 23.0 Å². The summed E-state index contributed by atoms with van der Waals surface area (Å²) < 4.78 is 6.90. The Labute approximate surface area is 193 Å². The van der Waals surface area contributed by atoms with E-state index in [-0.39, 0.29) is 22.7 Å². The summed E-state index contributed by atoms with van der Waals surface area (Å²) in [5, 5.41) is 8.79. The van der Waals surface area contributed by atoms with E-state index in [1.807, 2.05) is 42.5 Å². The van der Waals surface area contributed by atoms with Crippen LogP contribution in [0.5, 0.6) is 0 Å². The molecular weight excluding hydrogens is 416 g/mol. The van der Waals surface area contributed by atoms with Crippen molar-refractivity contribution in [1.82, 2.24) is 20.0 Å². The van der Waals surface area contributed by atoms with Gasteiger partial charge in [-0.25, -0.2) is 0 Å². The Morgan fingerprint density at radius 2 is 1.61 bits per heavy atom. The lowest BCUT2D eigenvalue weighted by Gasteiger charge is -2.48. The molecule has 0 unspecified atom stereocenters. The minimum absolute atomic E-state index is 0.0403. The smallest absolute Gasteiger partial charge is 0.279 e. The molecule has 1 saturated carbocycles. The highest BCUT2D eigenvalue weighted by Gasteiger charge is 2.39. The molecule has 0 spiro atoms. The van der Waals surface area contributed by atoms with Gasteiger partial charge in [0.2, 0.25) is 0 Å². The molecule has 172 valence electrons. The fourth-order valence-corrected chi connectivity index (χ4v) is 5.28. The summed E-state index contributed by atoms with van der Waals surface area (Å²) in [6.07, 6.45) is 5.74. The summed E-state index contributed by atoms with van der Waals surface area (Å²) in [4.78, 5) is 29.1. The Bertz CT molecular complexity index is 1180. The number of ether oxygens (including phenoxy) is 1. The van der Waals surface area contributed by atoms with Crippen molar-refractivity contribution in [3.8, 4) is 5.69 Å². The van der Waals surface area contributed by atoms with Crippen LogP contribution < -0.4 is 10.9 Å². The Hall–Kier alpha value is -3.03. The number of carbonyl (C=O) groups is 1. The lowest BCUT2D eigenvalue weighted by atomic mass is 9.79. The lowest BCUT2D eigenvalue weighted by molar-refractivity contribution is -0.0361. The van der Waals surface area contributed by atoms with Crippen LogP contribution in [-0.4, -0.2) is 59.0 Å². The molecule has 1 N–H and O–H groups in total. The molecule has 1 aliphatic carbocycles. The summed E-state index contributed by atoms with van der Waals surface area (Å²) in [6.45, 7) is 3.85. The average molecular weight is 447 g/mol. The molecule has 3 aromatic rings. The van der Waals surface area contributed by atoms with Crippen LogP contribution in [-0.2, 0) is 4.74 Å². The van der Waals surface area contributed by atoms with Crippen LogP contribution >= 0.6 is 0 Å². The number of hydrogen-bond acceptors (Lipinski definition) is 5. The van der Waals surface area contributed by atoms with E-state index in [9.17, 15) is 9.59 Å². The molecule has 2 aromatic carbocycles. The van der Waals surface area contributed by atoms with Crippen LogP contribution in [0.15, 0.2) is 59.4 Å². The van der Waals surface area contributed by atoms with Gasteiger partial charge >= 0.3 is 0 Å². The van der Waals surface area contributed by atoms with Crippen molar-refractivity contribution in [3.05, 3.63) is 70.6 Å². The molecule has 1 aliphatic heterocycles. The maximum absolute atomic E-state index is 13.5. The maximum Gasteiger partial charge on any atom is 0.279 e. The number of benzene rings is 2. The first-order chi connectivity index (χ1) is 16.2. The molecule has 1 amide bonds. The zero-order chi connectivity index (χ0) is 22.7. The predicted molar refractivity (Wildman–Crippen MR) is 128 cm³/mol. The number of hydrogen-bond donors (Lipinski definition) is 1. The second-order valence-corrected chi connectivity index (χ2v) is 9.01. The van der Waals surface area contributed by atoms with E-state index >= 15 is 0 Å². The van der Waals surface area contributed by atoms with E-state index in [1.54, 1.807) is 12.1 Å². The van der Waals surface area contributed by atoms with E-state index in [1.165, 1.54) is 23.9 Å². The fourth-order valence-electron chi connectivity index (χ4n) is 5.28. The third kappa shape index (κ3) is 4.30. The van der Waals surface area contributed by atoms with E-state index in [2.05, 4.69) is 15.3 Å². The summed E-state index contributed by atoms with van der Waals surface area (Å²) in [5.41, 5.74) is 0.647. The molecule has 0 radical (unpaired) electrons. The second-order valence-electron chi connectivity index (χ2n) is 9.01. The monoisotopic (exact) mass is 446 g/mol. The van der Waals surface area contributed by atoms with Gasteiger partial charge in [0.1, 0.15) is 0 Å². The van der Waals surface area contributed by atoms with Crippen molar-refractivity contribution in [2.24, 2.45) is 0 Å². The first kappa shape index (κ1) is 21.8. The largest absolute Gasteiger partial charge is 0.379 e. The van der Waals surface area contributed by atoms with Gasteiger partial charge < -0.3 is 10.1 Å². The quantitative estimate of drug-likeness (QED) is 0.652. The zero-order valence-corrected chi connectivity index (χ0v) is 18.8. The van der Waals surface area contributed by atoms with Gasteiger partial charge in [-0.3, -0.25) is 14.5 Å². The summed E-state index contributed by atoms with van der Waals surface area (Å²) in [5.74, 6) is -0.242. The third-order valence-corrected chi connectivity index (χ3v) is 7.06. The number of carbonyl (C=O) groups excluding carboxylic acids is 1. The van der Waals surface area contributed by atoms with Crippen LogP contribution in [0.2, 0.25) is 0 Å². The number of para-hydroxylation sites is 1. The molecule has 1 aromatic heterocycles. The third-order valence-electron chi connectivity index (χ3n) is 7.06.